The molecule has 1 saturated carbocycles. The Morgan fingerprint density at radius 1 is 1.35 bits per heavy atom. The van der Waals surface area contributed by atoms with Gasteiger partial charge in [-0.15, -0.1) is 5.10 Å². The van der Waals surface area contributed by atoms with Crippen molar-refractivity contribution >= 4 is 26.0 Å². The summed E-state index contributed by atoms with van der Waals surface area (Å²) in [5.74, 6) is 0. The van der Waals surface area contributed by atoms with Gasteiger partial charge in [-0.2, -0.15) is 4.31 Å². The molecule has 1 aliphatic carbocycles. The van der Waals surface area contributed by atoms with Gasteiger partial charge in [-0.1, -0.05) is 5.21 Å². The van der Waals surface area contributed by atoms with Gasteiger partial charge in [0.2, 0.25) is 5.03 Å². The van der Waals surface area contributed by atoms with Crippen molar-refractivity contribution < 1.29 is 8.42 Å². The molecule has 7 nitrogen and oxygen atoms in total. The van der Waals surface area contributed by atoms with Gasteiger partial charge in [-0.25, -0.2) is 13.1 Å². The number of nitrogens with one attached hydrogen (secondary N) is 1. The normalized spacial score (nSPS) is 24.2. The Labute approximate surface area is 127 Å². The largest absolute Gasteiger partial charge is 0.317 e. The van der Waals surface area contributed by atoms with Crippen molar-refractivity contribution in [2.24, 2.45) is 7.05 Å². The fourth-order valence-corrected chi connectivity index (χ4v) is 5.10. The minimum absolute atomic E-state index is 0.0337. The lowest BCUT2D eigenvalue weighted by molar-refractivity contribution is 0.254. The van der Waals surface area contributed by atoms with Crippen LogP contribution >= 0.6 is 15.9 Å². The van der Waals surface area contributed by atoms with Gasteiger partial charge >= 0.3 is 0 Å². The average Bonchev–Trinajstić information content (AvgIpc) is 2.78. The molecule has 0 saturated heterocycles. The highest BCUT2D eigenvalue weighted by Gasteiger charge is 2.34. The predicted molar refractivity (Wildman–Crippen MR) is 78.8 cm³/mol. The van der Waals surface area contributed by atoms with E-state index in [0.717, 1.165) is 25.7 Å². The summed E-state index contributed by atoms with van der Waals surface area (Å²) in [6.45, 7) is 0. The van der Waals surface area contributed by atoms with Crippen LogP contribution in [0.2, 0.25) is 0 Å². The van der Waals surface area contributed by atoms with Crippen LogP contribution in [0.1, 0.15) is 25.7 Å². The molecular formula is C11H20BrN5O2S. The summed E-state index contributed by atoms with van der Waals surface area (Å²) in [7, 11) is 1.59. The van der Waals surface area contributed by atoms with Crippen LogP contribution in [0.25, 0.3) is 0 Å². The monoisotopic (exact) mass is 365 g/mol. The van der Waals surface area contributed by atoms with Crippen molar-refractivity contribution in [1.29, 1.82) is 0 Å². The Bertz CT molecular complexity index is 546. The molecule has 0 atom stereocenters. The van der Waals surface area contributed by atoms with Gasteiger partial charge in [0, 0.05) is 26.2 Å². The average molecular weight is 366 g/mol. The third-order valence-electron chi connectivity index (χ3n) is 3.98. The molecule has 0 aliphatic heterocycles. The van der Waals surface area contributed by atoms with Crippen LogP contribution in [-0.4, -0.2) is 53.9 Å². The summed E-state index contributed by atoms with van der Waals surface area (Å²) in [6.07, 6.45) is 3.71. The van der Waals surface area contributed by atoms with Crippen LogP contribution in [0.4, 0.5) is 0 Å². The summed E-state index contributed by atoms with van der Waals surface area (Å²) in [5, 5.41) is 10.8. The molecule has 0 radical (unpaired) electrons. The molecule has 1 aromatic rings. The first-order valence-electron chi connectivity index (χ1n) is 6.58. The number of nitrogens with zero attached hydrogens (tertiary/aromatic N) is 4. The Morgan fingerprint density at radius 3 is 2.40 bits per heavy atom. The first kappa shape index (κ1) is 15.9. The molecule has 114 valence electrons. The second kappa shape index (κ2) is 6.08. The number of aryl methyl sites for hydroxylation is 1. The van der Waals surface area contributed by atoms with Crippen molar-refractivity contribution in [1.82, 2.24) is 24.6 Å². The SMILES string of the molecule is CNC1CCC(N(C)S(=O)(=O)c2c(Br)nnn2C)CC1. The molecule has 0 aromatic carbocycles. The van der Waals surface area contributed by atoms with Gasteiger partial charge in [0.05, 0.1) is 0 Å². The number of halogens is 1. The quantitative estimate of drug-likeness (QED) is 0.850. The molecule has 1 aliphatic rings. The molecule has 1 heterocycles. The fraction of sp³-hybridized carbons (Fsp3) is 0.818. The highest BCUT2D eigenvalue weighted by Crippen LogP contribution is 2.28. The van der Waals surface area contributed by atoms with E-state index in [9.17, 15) is 8.42 Å². The van der Waals surface area contributed by atoms with Gasteiger partial charge in [0.15, 0.2) is 4.60 Å². The number of sulfonamides is 1. The van der Waals surface area contributed by atoms with Crippen LogP contribution in [0.3, 0.4) is 0 Å². The Hall–Kier alpha value is -0.510. The third kappa shape index (κ3) is 2.90. The van der Waals surface area contributed by atoms with E-state index in [1.54, 1.807) is 14.1 Å². The van der Waals surface area contributed by atoms with E-state index in [1.165, 1.54) is 8.99 Å². The van der Waals surface area contributed by atoms with Gasteiger partial charge in [0.25, 0.3) is 10.0 Å². The lowest BCUT2D eigenvalue weighted by Gasteiger charge is -2.33. The van der Waals surface area contributed by atoms with Crippen LogP contribution in [0.15, 0.2) is 9.63 Å². The number of hydrogen-bond donors (Lipinski definition) is 1. The van der Waals surface area contributed by atoms with E-state index in [4.69, 9.17) is 0 Å². The molecule has 9 heteroatoms. The van der Waals surface area contributed by atoms with Crippen LogP contribution in [-0.2, 0) is 17.1 Å². The van der Waals surface area contributed by atoms with Gasteiger partial charge in [-0.05, 0) is 48.7 Å². The van der Waals surface area contributed by atoms with E-state index < -0.39 is 10.0 Å². The molecule has 0 spiro atoms. The van der Waals surface area contributed by atoms with Crippen LogP contribution in [0, 0.1) is 0 Å². The molecule has 1 N–H and O–H groups in total. The predicted octanol–water partition coefficient (Wildman–Crippen LogP) is 0.729. The zero-order chi connectivity index (χ0) is 14.9. The Balaban J connectivity index is 2.18. The topological polar surface area (TPSA) is 80.1 Å². The molecule has 0 amide bonds. The summed E-state index contributed by atoms with van der Waals surface area (Å²) in [5.41, 5.74) is 0. The van der Waals surface area contributed by atoms with Crippen molar-refractivity contribution in [3.63, 3.8) is 0 Å². The van der Waals surface area contributed by atoms with Crippen molar-refractivity contribution in [2.45, 2.75) is 42.8 Å². The van der Waals surface area contributed by atoms with Gasteiger partial charge in [0.1, 0.15) is 0 Å². The minimum Gasteiger partial charge on any atom is -0.317 e. The molecule has 1 fully saturated rings. The van der Waals surface area contributed by atoms with Gasteiger partial charge in [-0.3, -0.25) is 0 Å². The van der Waals surface area contributed by atoms with E-state index in [-0.39, 0.29) is 15.7 Å². The number of rotatable bonds is 4. The minimum atomic E-state index is -3.58. The van der Waals surface area contributed by atoms with E-state index in [1.807, 2.05) is 7.05 Å². The lowest BCUT2D eigenvalue weighted by atomic mass is 9.91. The lowest BCUT2D eigenvalue weighted by Crippen LogP contribution is -2.43. The van der Waals surface area contributed by atoms with E-state index in [0.29, 0.717) is 6.04 Å². The summed E-state index contributed by atoms with van der Waals surface area (Å²) in [6, 6.07) is 0.527. The first-order valence-corrected chi connectivity index (χ1v) is 8.81. The van der Waals surface area contributed by atoms with E-state index >= 15 is 0 Å². The maximum Gasteiger partial charge on any atom is 0.263 e. The summed E-state index contributed by atoms with van der Waals surface area (Å²) in [4.78, 5) is 0. The maximum absolute atomic E-state index is 12.7. The first-order chi connectivity index (χ1) is 9.37. The number of aromatic nitrogens is 3. The summed E-state index contributed by atoms with van der Waals surface area (Å²) >= 11 is 3.16. The second-order valence-electron chi connectivity index (χ2n) is 5.12. The fourth-order valence-electron chi connectivity index (χ4n) is 2.66. The molecule has 20 heavy (non-hydrogen) atoms. The number of hydrogen-bond acceptors (Lipinski definition) is 5. The Morgan fingerprint density at radius 2 is 1.95 bits per heavy atom. The zero-order valence-corrected chi connectivity index (χ0v) is 14.3. The van der Waals surface area contributed by atoms with Crippen molar-refractivity contribution in [2.75, 3.05) is 14.1 Å². The highest BCUT2D eigenvalue weighted by molar-refractivity contribution is 9.10. The standard InChI is InChI=1S/C11H20BrN5O2S/c1-13-8-4-6-9(7-5-8)17(3)20(18,19)11-10(12)14-15-16(11)2/h8-9,13H,4-7H2,1-3H3. The second-order valence-corrected chi connectivity index (χ2v) is 7.79. The molecule has 2 rings (SSSR count). The molecule has 0 unspecified atom stereocenters. The molecule has 1 aromatic heterocycles. The smallest absolute Gasteiger partial charge is 0.263 e. The Kier molecular flexibility index (Phi) is 4.83. The molecular weight excluding hydrogens is 346 g/mol. The summed E-state index contributed by atoms with van der Waals surface area (Å²) < 4.78 is 28.3. The van der Waals surface area contributed by atoms with E-state index in [2.05, 4.69) is 31.6 Å². The van der Waals surface area contributed by atoms with Crippen molar-refractivity contribution in [3.8, 4) is 0 Å². The van der Waals surface area contributed by atoms with Crippen LogP contribution < -0.4 is 5.32 Å². The zero-order valence-electron chi connectivity index (χ0n) is 11.9. The van der Waals surface area contributed by atoms with Crippen molar-refractivity contribution in [3.05, 3.63) is 4.60 Å². The highest BCUT2D eigenvalue weighted by atomic mass is 79.9. The molecule has 0 bridgehead atoms. The maximum atomic E-state index is 12.7. The third-order valence-corrected chi connectivity index (χ3v) is 6.78. The van der Waals surface area contributed by atoms with Crippen LogP contribution in [0.5, 0.6) is 0 Å². The van der Waals surface area contributed by atoms with Gasteiger partial charge < -0.3 is 5.32 Å².